The number of nitrogens with zero attached hydrogens (tertiary/aromatic N) is 2. The third-order valence-corrected chi connectivity index (χ3v) is 7.80. The second-order valence-electron chi connectivity index (χ2n) is 10.1. The highest BCUT2D eigenvalue weighted by atomic mass is 19.4. The van der Waals surface area contributed by atoms with Gasteiger partial charge >= 0.3 is 12.1 Å². The Morgan fingerprint density at radius 3 is 2.39 bits per heavy atom. The normalized spacial score (nSPS) is 25.5. The summed E-state index contributed by atoms with van der Waals surface area (Å²) < 4.78 is 59.3. The molecule has 4 rings (SSSR count). The van der Waals surface area contributed by atoms with Gasteiger partial charge in [0.05, 0.1) is 11.3 Å². The van der Waals surface area contributed by atoms with Gasteiger partial charge in [-0.3, -0.25) is 9.69 Å². The Morgan fingerprint density at radius 2 is 1.81 bits per heavy atom. The minimum atomic E-state index is -4.72. The van der Waals surface area contributed by atoms with E-state index in [-0.39, 0.29) is 5.69 Å². The zero-order valence-corrected chi connectivity index (χ0v) is 20.3. The van der Waals surface area contributed by atoms with Crippen LogP contribution in [0.1, 0.15) is 56.9 Å². The number of alkyl halides is 3. The Bertz CT molecular complexity index is 995. The number of primary amides is 1. The minimum Gasteiger partial charge on any atom is -0.446 e. The number of ether oxygens (including phenoxy) is 1. The lowest BCUT2D eigenvalue weighted by molar-refractivity contribution is -0.168. The standard InChI is InChI=1S/C26H33F4N3O3/c27-22-20(26(28,29)30)6-3-7-21(22)33-16-14-32(15-17-33)13-10-18-8-11-25(12-9-18,24(31)35)36-23(34)19-4-1-2-5-19/h3-4,6-7,18H,1-2,5,8-17H2,(H2,31,35). The Hall–Kier alpha value is -2.62. The number of halogens is 4. The monoisotopic (exact) mass is 511 g/mol. The summed E-state index contributed by atoms with van der Waals surface area (Å²) in [5, 5.41) is 0. The highest BCUT2D eigenvalue weighted by Crippen LogP contribution is 2.38. The van der Waals surface area contributed by atoms with Gasteiger partial charge in [0.2, 0.25) is 0 Å². The predicted molar refractivity (Wildman–Crippen MR) is 127 cm³/mol. The van der Waals surface area contributed by atoms with Gasteiger partial charge in [-0.25, -0.2) is 9.18 Å². The van der Waals surface area contributed by atoms with E-state index >= 15 is 0 Å². The molecule has 0 bridgehead atoms. The molecule has 1 aromatic rings. The van der Waals surface area contributed by atoms with Gasteiger partial charge in [0.25, 0.3) is 5.91 Å². The third-order valence-electron chi connectivity index (χ3n) is 7.80. The van der Waals surface area contributed by atoms with Gasteiger partial charge in [-0.2, -0.15) is 13.2 Å². The molecule has 1 amide bonds. The lowest BCUT2D eigenvalue weighted by atomic mass is 9.77. The maximum Gasteiger partial charge on any atom is 0.419 e. The number of hydrogen-bond donors (Lipinski definition) is 1. The van der Waals surface area contributed by atoms with E-state index in [1.807, 2.05) is 6.08 Å². The lowest BCUT2D eigenvalue weighted by Gasteiger charge is -2.39. The van der Waals surface area contributed by atoms with Crippen LogP contribution < -0.4 is 10.6 Å². The van der Waals surface area contributed by atoms with Gasteiger partial charge < -0.3 is 15.4 Å². The number of carbonyl (C=O) groups is 2. The van der Waals surface area contributed by atoms with Crippen molar-refractivity contribution in [1.82, 2.24) is 4.90 Å². The number of benzene rings is 1. The van der Waals surface area contributed by atoms with Crippen LogP contribution >= 0.6 is 0 Å². The molecule has 1 aliphatic heterocycles. The number of amides is 1. The van der Waals surface area contributed by atoms with Crippen molar-refractivity contribution < 1.29 is 31.9 Å². The van der Waals surface area contributed by atoms with Crippen LogP contribution in [0.25, 0.3) is 0 Å². The first-order chi connectivity index (χ1) is 17.1. The maximum absolute atomic E-state index is 14.5. The molecule has 198 valence electrons. The van der Waals surface area contributed by atoms with E-state index in [2.05, 4.69) is 4.90 Å². The largest absolute Gasteiger partial charge is 0.446 e. The number of anilines is 1. The molecule has 1 heterocycles. The highest BCUT2D eigenvalue weighted by Gasteiger charge is 2.44. The summed E-state index contributed by atoms with van der Waals surface area (Å²) in [7, 11) is 0. The summed E-state index contributed by atoms with van der Waals surface area (Å²) in [4.78, 5) is 28.6. The van der Waals surface area contributed by atoms with Crippen LogP contribution in [0.5, 0.6) is 0 Å². The van der Waals surface area contributed by atoms with E-state index in [0.717, 1.165) is 44.7 Å². The number of piperazine rings is 1. The number of esters is 1. The van der Waals surface area contributed by atoms with Crippen molar-refractivity contribution in [1.29, 1.82) is 0 Å². The highest BCUT2D eigenvalue weighted by molar-refractivity contribution is 5.93. The summed E-state index contributed by atoms with van der Waals surface area (Å²) in [5.41, 5.74) is 3.79. The quantitative estimate of drug-likeness (QED) is 0.433. The fraction of sp³-hybridized carbons (Fsp3) is 0.615. The molecular formula is C26H33F4N3O3. The zero-order valence-electron chi connectivity index (χ0n) is 20.3. The fourth-order valence-corrected chi connectivity index (χ4v) is 5.49. The molecule has 10 heteroatoms. The van der Waals surface area contributed by atoms with Crippen molar-refractivity contribution >= 4 is 17.6 Å². The van der Waals surface area contributed by atoms with E-state index in [0.29, 0.717) is 56.9 Å². The van der Waals surface area contributed by atoms with Gasteiger partial charge in [-0.1, -0.05) is 12.1 Å². The van der Waals surface area contributed by atoms with Crippen LogP contribution in [0.3, 0.4) is 0 Å². The molecule has 1 saturated heterocycles. The number of carbonyl (C=O) groups excluding carboxylic acids is 2. The predicted octanol–water partition coefficient (Wildman–Crippen LogP) is 4.42. The summed E-state index contributed by atoms with van der Waals surface area (Å²) in [6, 6.07) is 3.40. The molecule has 2 aliphatic carbocycles. The summed E-state index contributed by atoms with van der Waals surface area (Å²) in [6.45, 7) is 2.94. The number of nitrogens with two attached hydrogens (primary N) is 1. The van der Waals surface area contributed by atoms with Crippen molar-refractivity contribution in [2.75, 3.05) is 37.6 Å². The van der Waals surface area contributed by atoms with Crippen LogP contribution in [0.4, 0.5) is 23.2 Å². The second-order valence-corrected chi connectivity index (χ2v) is 10.1. The first-order valence-corrected chi connectivity index (χ1v) is 12.6. The van der Waals surface area contributed by atoms with Crippen LogP contribution in [0.2, 0.25) is 0 Å². The first kappa shape index (κ1) is 26.4. The molecule has 0 atom stereocenters. The fourth-order valence-electron chi connectivity index (χ4n) is 5.49. The molecule has 1 saturated carbocycles. The number of rotatable bonds is 7. The van der Waals surface area contributed by atoms with Crippen molar-refractivity contribution in [2.24, 2.45) is 11.7 Å². The van der Waals surface area contributed by atoms with Gasteiger partial charge in [0, 0.05) is 31.8 Å². The Morgan fingerprint density at radius 1 is 1.11 bits per heavy atom. The van der Waals surface area contributed by atoms with E-state index in [4.69, 9.17) is 10.5 Å². The molecule has 3 aliphatic rings. The number of hydrogen-bond acceptors (Lipinski definition) is 5. The molecule has 0 spiro atoms. The average Bonchev–Trinajstić information content (AvgIpc) is 3.39. The van der Waals surface area contributed by atoms with E-state index in [1.165, 1.54) is 12.1 Å². The Balaban J connectivity index is 1.24. The topological polar surface area (TPSA) is 75.9 Å². The van der Waals surface area contributed by atoms with Crippen molar-refractivity contribution in [3.8, 4) is 0 Å². The smallest absolute Gasteiger partial charge is 0.419 e. The third kappa shape index (κ3) is 5.85. The maximum atomic E-state index is 14.5. The zero-order chi connectivity index (χ0) is 25.9. The van der Waals surface area contributed by atoms with E-state index < -0.39 is 35.0 Å². The molecule has 2 N–H and O–H groups in total. The molecule has 6 nitrogen and oxygen atoms in total. The number of allylic oxidation sites excluding steroid dienone is 1. The molecule has 1 aromatic carbocycles. The molecule has 0 aromatic heterocycles. The SMILES string of the molecule is NC(=O)C1(OC(=O)C2=CCCC2)CCC(CCN2CCN(c3cccc(C(F)(F)F)c3F)CC2)CC1. The van der Waals surface area contributed by atoms with Crippen molar-refractivity contribution in [3.05, 3.63) is 41.2 Å². The van der Waals surface area contributed by atoms with Crippen LogP contribution in [-0.4, -0.2) is 55.1 Å². The molecule has 2 fully saturated rings. The summed E-state index contributed by atoms with van der Waals surface area (Å²) in [6.07, 6.45) is 2.75. The lowest BCUT2D eigenvalue weighted by Crippen LogP contribution is -2.50. The summed E-state index contributed by atoms with van der Waals surface area (Å²) in [5.74, 6) is -1.88. The Kier molecular flexibility index (Phi) is 7.92. The Labute approximate surface area is 208 Å². The molecule has 0 radical (unpaired) electrons. The van der Waals surface area contributed by atoms with Gasteiger partial charge in [0.1, 0.15) is 0 Å². The second kappa shape index (κ2) is 10.8. The van der Waals surface area contributed by atoms with E-state index in [1.54, 1.807) is 4.90 Å². The van der Waals surface area contributed by atoms with Gasteiger partial charge in [-0.15, -0.1) is 0 Å². The van der Waals surface area contributed by atoms with Gasteiger partial charge in [-0.05, 0) is 76.0 Å². The minimum absolute atomic E-state index is 0.0116. The van der Waals surface area contributed by atoms with Crippen LogP contribution in [-0.2, 0) is 20.5 Å². The van der Waals surface area contributed by atoms with Crippen molar-refractivity contribution in [3.63, 3.8) is 0 Å². The van der Waals surface area contributed by atoms with Crippen LogP contribution in [0.15, 0.2) is 29.8 Å². The molecular weight excluding hydrogens is 478 g/mol. The van der Waals surface area contributed by atoms with Gasteiger partial charge in [0.15, 0.2) is 11.4 Å². The summed E-state index contributed by atoms with van der Waals surface area (Å²) >= 11 is 0. The average molecular weight is 512 g/mol. The van der Waals surface area contributed by atoms with Crippen LogP contribution in [0, 0.1) is 11.7 Å². The van der Waals surface area contributed by atoms with Crippen molar-refractivity contribution in [2.45, 2.75) is 63.1 Å². The first-order valence-electron chi connectivity index (χ1n) is 12.6. The molecule has 0 unspecified atom stereocenters. The van der Waals surface area contributed by atoms with E-state index in [9.17, 15) is 27.2 Å². The molecule has 36 heavy (non-hydrogen) atoms.